The molecule has 0 spiro atoms. The molecule has 1 aromatic heterocycles. The second-order valence-corrected chi connectivity index (χ2v) is 7.00. The van der Waals surface area contributed by atoms with Crippen LogP contribution in [-0.2, 0) is 4.79 Å². The molecule has 2 unspecified atom stereocenters. The van der Waals surface area contributed by atoms with Crippen LogP contribution in [-0.4, -0.2) is 36.5 Å². The van der Waals surface area contributed by atoms with E-state index in [1.54, 1.807) is 11.3 Å². The van der Waals surface area contributed by atoms with Gasteiger partial charge in [0, 0.05) is 30.6 Å². The smallest absolute Gasteiger partial charge is 0.230 e. The average molecular weight is 317 g/mol. The van der Waals surface area contributed by atoms with Crippen LogP contribution in [0, 0.1) is 0 Å². The zero-order valence-corrected chi connectivity index (χ0v) is 12.5. The number of carbonyl (C=O) groups excluding carboxylic acids is 1. The molecule has 0 saturated carbocycles. The second-order valence-electron chi connectivity index (χ2n) is 4.50. The van der Waals surface area contributed by atoms with E-state index in [9.17, 15) is 4.79 Å². The van der Waals surface area contributed by atoms with Gasteiger partial charge in [-0.1, -0.05) is 0 Å². The van der Waals surface area contributed by atoms with E-state index in [-0.39, 0.29) is 11.8 Å². The summed E-state index contributed by atoms with van der Waals surface area (Å²) in [6, 6.07) is 4.43. The molecule has 0 radical (unpaired) electrons. The monoisotopic (exact) mass is 316 g/mol. The number of halogens is 1. The van der Waals surface area contributed by atoms with Crippen molar-refractivity contribution in [2.45, 2.75) is 25.8 Å². The third kappa shape index (κ3) is 3.09. The van der Waals surface area contributed by atoms with Crippen molar-refractivity contribution in [1.82, 2.24) is 10.2 Å². The third-order valence-electron chi connectivity index (χ3n) is 3.07. The van der Waals surface area contributed by atoms with Gasteiger partial charge in [0.15, 0.2) is 0 Å². The molecule has 94 valence electrons. The van der Waals surface area contributed by atoms with E-state index >= 15 is 0 Å². The lowest BCUT2D eigenvalue weighted by atomic mass is 10.1. The number of amides is 1. The number of piperazine rings is 1. The van der Waals surface area contributed by atoms with Gasteiger partial charge >= 0.3 is 0 Å². The quantitative estimate of drug-likeness (QED) is 0.909. The Balaban J connectivity index is 2.04. The molecule has 3 nitrogen and oxygen atoms in total. The highest BCUT2D eigenvalue weighted by atomic mass is 79.9. The highest BCUT2D eigenvalue weighted by Gasteiger charge is 2.26. The second kappa shape index (κ2) is 5.50. The first kappa shape index (κ1) is 13.1. The molecule has 0 aliphatic carbocycles. The summed E-state index contributed by atoms with van der Waals surface area (Å²) >= 11 is 5.08. The Hall–Kier alpha value is -0.390. The first-order valence-corrected chi connectivity index (χ1v) is 7.46. The first-order valence-electron chi connectivity index (χ1n) is 5.85. The van der Waals surface area contributed by atoms with Crippen molar-refractivity contribution in [2.24, 2.45) is 0 Å². The lowest BCUT2D eigenvalue weighted by molar-refractivity contribution is -0.133. The summed E-state index contributed by atoms with van der Waals surface area (Å²) in [7, 11) is 0. The summed E-state index contributed by atoms with van der Waals surface area (Å²) < 4.78 is 1.08. The fraction of sp³-hybridized carbons (Fsp3) is 0.583. The van der Waals surface area contributed by atoms with E-state index in [0.717, 1.165) is 28.3 Å². The number of nitrogens with one attached hydrogen (secondary N) is 1. The topological polar surface area (TPSA) is 32.3 Å². The van der Waals surface area contributed by atoms with E-state index in [4.69, 9.17) is 0 Å². The molecular weight excluding hydrogens is 300 g/mol. The van der Waals surface area contributed by atoms with Crippen LogP contribution >= 0.6 is 27.3 Å². The molecule has 1 N–H and O–H groups in total. The average Bonchev–Trinajstić information content (AvgIpc) is 2.74. The lowest BCUT2D eigenvalue weighted by Gasteiger charge is -2.33. The minimum Gasteiger partial charge on any atom is -0.339 e. The molecule has 2 atom stereocenters. The predicted octanol–water partition coefficient (Wildman–Crippen LogP) is 2.43. The van der Waals surface area contributed by atoms with Crippen LogP contribution < -0.4 is 5.32 Å². The van der Waals surface area contributed by atoms with Gasteiger partial charge in [-0.15, -0.1) is 11.3 Å². The Morgan fingerprint density at radius 2 is 2.41 bits per heavy atom. The number of rotatable bonds is 2. The Morgan fingerprint density at radius 1 is 1.65 bits per heavy atom. The van der Waals surface area contributed by atoms with E-state index in [1.807, 2.05) is 24.0 Å². The van der Waals surface area contributed by atoms with Gasteiger partial charge in [-0.3, -0.25) is 4.79 Å². The van der Waals surface area contributed by atoms with Gasteiger partial charge in [-0.25, -0.2) is 0 Å². The Labute approximate surface area is 114 Å². The van der Waals surface area contributed by atoms with Crippen molar-refractivity contribution in [1.29, 1.82) is 0 Å². The number of hydrogen-bond acceptors (Lipinski definition) is 3. The largest absolute Gasteiger partial charge is 0.339 e. The molecule has 0 aromatic carbocycles. The summed E-state index contributed by atoms with van der Waals surface area (Å²) in [4.78, 5) is 15.4. The molecule has 5 heteroatoms. The van der Waals surface area contributed by atoms with Gasteiger partial charge in [0.25, 0.3) is 0 Å². The maximum atomic E-state index is 12.3. The number of thiophene rings is 1. The maximum Gasteiger partial charge on any atom is 0.230 e. The minimum absolute atomic E-state index is 0.0309. The molecule has 1 saturated heterocycles. The van der Waals surface area contributed by atoms with Gasteiger partial charge in [0.05, 0.1) is 9.70 Å². The van der Waals surface area contributed by atoms with Gasteiger partial charge in [0.1, 0.15) is 0 Å². The Kier molecular flexibility index (Phi) is 4.22. The van der Waals surface area contributed by atoms with Gasteiger partial charge < -0.3 is 10.2 Å². The fourth-order valence-corrected chi connectivity index (χ4v) is 3.56. The van der Waals surface area contributed by atoms with Crippen LogP contribution in [0.4, 0.5) is 0 Å². The summed E-state index contributed by atoms with van der Waals surface area (Å²) in [6.07, 6.45) is 0. The molecule has 1 aliphatic rings. The van der Waals surface area contributed by atoms with Crippen molar-refractivity contribution < 1.29 is 4.79 Å². The SMILES string of the molecule is CC1CN(C(=O)C(C)c2ccc(Br)s2)CCN1. The van der Waals surface area contributed by atoms with Crippen LogP contribution in [0.5, 0.6) is 0 Å². The van der Waals surface area contributed by atoms with Crippen molar-refractivity contribution in [3.63, 3.8) is 0 Å². The van der Waals surface area contributed by atoms with Crippen LogP contribution in [0.25, 0.3) is 0 Å². The van der Waals surface area contributed by atoms with Crippen molar-refractivity contribution >= 4 is 33.2 Å². The van der Waals surface area contributed by atoms with Gasteiger partial charge in [-0.2, -0.15) is 0 Å². The highest BCUT2D eigenvalue weighted by Crippen LogP contribution is 2.29. The van der Waals surface area contributed by atoms with E-state index in [1.165, 1.54) is 0 Å². The molecule has 1 aliphatic heterocycles. The van der Waals surface area contributed by atoms with E-state index < -0.39 is 0 Å². The number of nitrogens with zero attached hydrogens (tertiary/aromatic N) is 1. The Morgan fingerprint density at radius 3 is 3.00 bits per heavy atom. The fourth-order valence-electron chi connectivity index (χ4n) is 2.09. The van der Waals surface area contributed by atoms with E-state index in [0.29, 0.717) is 6.04 Å². The molecule has 17 heavy (non-hydrogen) atoms. The Bertz CT molecular complexity index is 407. The summed E-state index contributed by atoms with van der Waals surface area (Å²) in [5.41, 5.74) is 0. The zero-order chi connectivity index (χ0) is 12.4. The van der Waals surface area contributed by atoms with Crippen molar-refractivity contribution in [3.05, 3.63) is 20.8 Å². The molecule has 2 heterocycles. The summed E-state index contributed by atoms with van der Waals surface area (Å²) in [6.45, 7) is 6.64. The van der Waals surface area contributed by atoms with Crippen molar-refractivity contribution in [2.75, 3.05) is 19.6 Å². The summed E-state index contributed by atoms with van der Waals surface area (Å²) in [5.74, 6) is 0.212. The minimum atomic E-state index is -0.0309. The molecule has 1 amide bonds. The maximum absolute atomic E-state index is 12.3. The van der Waals surface area contributed by atoms with Gasteiger partial charge in [0.2, 0.25) is 5.91 Å². The van der Waals surface area contributed by atoms with E-state index in [2.05, 4.69) is 28.2 Å². The number of hydrogen-bond donors (Lipinski definition) is 1. The molecular formula is C12H17BrN2OS. The highest BCUT2D eigenvalue weighted by molar-refractivity contribution is 9.11. The molecule has 0 bridgehead atoms. The summed E-state index contributed by atoms with van der Waals surface area (Å²) in [5, 5.41) is 3.35. The van der Waals surface area contributed by atoms with Crippen LogP contribution in [0.1, 0.15) is 24.6 Å². The van der Waals surface area contributed by atoms with Crippen LogP contribution in [0.2, 0.25) is 0 Å². The predicted molar refractivity (Wildman–Crippen MR) is 74.5 cm³/mol. The molecule has 1 fully saturated rings. The van der Waals surface area contributed by atoms with Crippen LogP contribution in [0.3, 0.4) is 0 Å². The molecule has 1 aromatic rings. The first-order chi connectivity index (χ1) is 8.08. The van der Waals surface area contributed by atoms with Crippen LogP contribution in [0.15, 0.2) is 15.9 Å². The normalized spacial score (nSPS) is 22.5. The zero-order valence-electron chi connectivity index (χ0n) is 10.1. The lowest BCUT2D eigenvalue weighted by Crippen LogP contribution is -2.52. The standard InChI is InChI=1S/C12H17BrN2OS/c1-8-7-15(6-5-14-8)12(16)9(2)10-3-4-11(13)17-10/h3-4,8-9,14H,5-7H2,1-2H3. The van der Waals surface area contributed by atoms with Crippen molar-refractivity contribution in [3.8, 4) is 0 Å². The van der Waals surface area contributed by atoms with Gasteiger partial charge in [-0.05, 0) is 41.9 Å². The third-order valence-corrected chi connectivity index (χ3v) is 4.88. The molecule has 2 rings (SSSR count). The number of carbonyl (C=O) groups is 1.